The zero-order chi connectivity index (χ0) is 12.2. The fraction of sp³-hybridized carbons (Fsp3) is 0.786. The molecular formula is C14H26O2. The number of hydrogen-bond donors (Lipinski definition) is 0. The lowest BCUT2D eigenvalue weighted by Gasteiger charge is -2.03. The van der Waals surface area contributed by atoms with Gasteiger partial charge >= 0.3 is 5.97 Å². The molecule has 0 atom stereocenters. The van der Waals surface area contributed by atoms with Crippen molar-refractivity contribution in [1.82, 2.24) is 0 Å². The minimum atomic E-state index is -0.149. The molecule has 0 aliphatic rings. The maximum absolute atomic E-state index is 11.4. The molecule has 0 amide bonds. The average molecular weight is 226 g/mol. The van der Waals surface area contributed by atoms with Crippen LogP contribution >= 0.6 is 0 Å². The predicted octanol–water partition coefficient (Wildman–Crippen LogP) is 4.25. The van der Waals surface area contributed by atoms with E-state index < -0.39 is 0 Å². The Bertz CT molecular complexity index is 207. The largest absolute Gasteiger partial charge is 0.462 e. The molecule has 0 aromatic heterocycles. The topological polar surface area (TPSA) is 26.3 Å². The first-order valence-corrected chi connectivity index (χ1v) is 6.56. The van der Waals surface area contributed by atoms with Crippen molar-refractivity contribution in [2.45, 2.75) is 65.7 Å². The Hall–Kier alpha value is -0.790. The van der Waals surface area contributed by atoms with E-state index in [0.29, 0.717) is 6.61 Å². The molecule has 0 N–H and O–H groups in total. The van der Waals surface area contributed by atoms with Crippen molar-refractivity contribution in [3.8, 4) is 0 Å². The number of carbonyl (C=O) groups excluding carboxylic acids is 1. The normalized spacial score (nSPS) is 11.6. The highest BCUT2D eigenvalue weighted by Crippen LogP contribution is 2.06. The first kappa shape index (κ1) is 15.2. The SMILES string of the molecule is CCCCCCC=C(C)C(=O)OCCCC. The van der Waals surface area contributed by atoms with Crippen molar-refractivity contribution < 1.29 is 9.53 Å². The number of hydrogen-bond acceptors (Lipinski definition) is 2. The molecule has 0 spiro atoms. The quantitative estimate of drug-likeness (QED) is 0.334. The predicted molar refractivity (Wildman–Crippen MR) is 68.4 cm³/mol. The Balaban J connectivity index is 3.62. The highest BCUT2D eigenvalue weighted by Gasteiger charge is 2.03. The van der Waals surface area contributed by atoms with Gasteiger partial charge in [0.25, 0.3) is 0 Å². The summed E-state index contributed by atoms with van der Waals surface area (Å²) in [5.41, 5.74) is 0.757. The minimum Gasteiger partial charge on any atom is -0.462 e. The molecule has 0 saturated carbocycles. The molecule has 0 saturated heterocycles. The number of ether oxygens (including phenoxy) is 1. The van der Waals surface area contributed by atoms with Crippen molar-refractivity contribution in [1.29, 1.82) is 0 Å². The van der Waals surface area contributed by atoms with E-state index in [4.69, 9.17) is 4.74 Å². The summed E-state index contributed by atoms with van der Waals surface area (Å²) in [6.45, 7) is 6.68. The third kappa shape index (κ3) is 8.51. The van der Waals surface area contributed by atoms with Gasteiger partial charge in [-0.05, 0) is 26.2 Å². The van der Waals surface area contributed by atoms with E-state index in [1.807, 2.05) is 13.0 Å². The second kappa shape index (κ2) is 10.7. The van der Waals surface area contributed by atoms with E-state index in [-0.39, 0.29) is 5.97 Å². The zero-order valence-corrected chi connectivity index (χ0v) is 11.1. The van der Waals surface area contributed by atoms with Crippen molar-refractivity contribution >= 4 is 5.97 Å². The molecule has 0 fully saturated rings. The van der Waals surface area contributed by atoms with Crippen LogP contribution in [-0.4, -0.2) is 12.6 Å². The van der Waals surface area contributed by atoms with Gasteiger partial charge in [-0.25, -0.2) is 4.79 Å². The van der Waals surface area contributed by atoms with Gasteiger partial charge in [-0.2, -0.15) is 0 Å². The number of carbonyl (C=O) groups is 1. The smallest absolute Gasteiger partial charge is 0.333 e. The van der Waals surface area contributed by atoms with Crippen molar-refractivity contribution in [2.24, 2.45) is 0 Å². The van der Waals surface area contributed by atoms with Crippen LogP contribution in [0.2, 0.25) is 0 Å². The first-order valence-electron chi connectivity index (χ1n) is 6.56. The van der Waals surface area contributed by atoms with Crippen LogP contribution in [-0.2, 0) is 9.53 Å². The highest BCUT2D eigenvalue weighted by molar-refractivity contribution is 5.87. The van der Waals surface area contributed by atoms with E-state index in [0.717, 1.165) is 24.8 Å². The summed E-state index contributed by atoms with van der Waals surface area (Å²) in [6, 6.07) is 0. The molecular weight excluding hydrogens is 200 g/mol. The lowest BCUT2D eigenvalue weighted by atomic mass is 10.1. The Labute approximate surface area is 100 Å². The number of unbranched alkanes of at least 4 members (excludes halogenated alkanes) is 5. The third-order valence-electron chi connectivity index (χ3n) is 2.56. The maximum Gasteiger partial charge on any atom is 0.333 e. The molecule has 0 aromatic rings. The standard InChI is InChI=1S/C14H26O2/c1-4-6-8-9-10-11-13(3)14(15)16-12-7-5-2/h11H,4-10,12H2,1-3H3. The van der Waals surface area contributed by atoms with Gasteiger partial charge in [-0.1, -0.05) is 45.6 Å². The fourth-order valence-corrected chi connectivity index (χ4v) is 1.40. The second-order valence-corrected chi connectivity index (χ2v) is 4.23. The van der Waals surface area contributed by atoms with Gasteiger partial charge in [-0.3, -0.25) is 0 Å². The van der Waals surface area contributed by atoms with Crippen molar-refractivity contribution in [3.05, 3.63) is 11.6 Å². The van der Waals surface area contributed by atoms with Gasteiger partial charge in [0.1, 0.15) is 0 Å². The van der Waals surface area contributed by atoms with Crippen LogP contribution in [0.5, 0.6) is 0 Å². The molecule has 0 rings (SSSR count). The van der Waals surface area contributed by atoms with Gasteiger partial charge in [0, 0.05) is 5.57 Å². The summed E-state index contributed by atoms with van der Waals surface area (Å²) in [5, 5.41) is 0. The van der Waals surface area contributed by atoms with Crippen LogP contribution in [0.25, 0.3) is 0 Å². The van der Waals surface area contributed by atoms with Crippen LogP contribution in [0, 0.1) is 0 Å². The summed E-state index contributed by atoms with van der Waals surface area (Å²) in [6.07, 6.45) is 9.98. The van der Waals surface area contributed by atoms with E-state index >= 15 is 0 Å². The highest BCUT2D eigenvalue weighted by atomic mass is 16.5. The fourth-order valence-electron chi connectivity index (χ4n) is 1.40. The summed E-state index contributed by atoms with van der Waals surface area (Å²) in [7, 11) is 0. The molecule has 0 aliphatic carbocycles. The van der Waals surface area contributed by atoms with Crippen molar-refractivity contribution in [3.63, 3.8) is 0 Å². The molecule has 0 heterocycles. The maximum atomic E-state index is 11.4. The van der Waals surface area contributed by atoms with Crippen LogP contribution in [0.15, 0.2) is 11.6 Å². The molecule has 0 aliphatic heterocycles. The Morgan fingerprint density at radius 2 is 1.75 bits per heavy atom. The lowest BCUT2D eigenvalue weighted by molar-refractivity contribution is -0.139. The first-order chi connectivity index (χ1) is 7.72. The zero-order valence-electron chi connectivity index (χ0n) is 11.1. The molecule has 16 heavy (non-hydrogen) atoms. The van der Waals surface area contributed by atoms with Gasteiger partial charge in [0.05, 0.1) is 6.61 Å². The summed E-state index contributed by atoms with van der Waals surface area (Å²) in [4.78, 5) is 11.4. The van der Waals surface area contributed by atoms with Gasteiger partial charge in [0.15, 0.2) is 0 Å². The molecule has 2 nitrogen and oxygen atoms in total. The molecule has 0 aromatic carbocycles. The average Bonchev–Trinajstić information content (AvgIpc) is 2.28. The van der Waals surface area contributed by atoms with Gasteiger partial charge in [0.2, 0.25) is 0 Å². The van der Waals surface area contributed by atoms with Crippen LogP contribution in [0.4, 0.5) is 0 Å². The molecule has 94 valence electrons. The lowest BCUT2D eigenvalue weighted by Crippen LogP contribution is -2.06. The Kier molecular flexibility index (Phi) is 10.2. The van der Waals surface area contributed by atoms with Gasteiger partial charge < -0.3 is 4.74 Å². The summed E-state index contributed by atoms with van der Waals surface area (Å²) >= 11 is 0. The van der Waals surface area contributed by atoms with E-state index in [9.17, 15) is 4.79 Å². The molecule has 0 unspecified atom stereocenters. The van der Waals surface area contributed by atoms with E-state index in [1.54, 1.807) is 0 Å². The number of esters is 1. The second-order valence-electron chi connectivity index (χ2n) is 4.23. The van der Waals surface area contributed by atoms with Crippen molar-refractivity contribution in [2.75, 3.05) is 6.61 Å². The molecule has 0 radical (unpaired) electrons. The van der Waals surface area contributed by atoms with Gasteiger partial charge in [-0.15, -0.1) is 0 Å². The summed E-state index contributed by atoms with van der Waals surface area (Å²) in [5.74, 6) is -0.149. The monoisotopic (exact) mass is 226 g/mol. The van der Waals surface area contributed by atoms with Crippen LogP contribution in [0.1, 0.15) is 65.7 Å². The van der Waals surface area contributed by atoms with Crippen LogP contribution in [0.3, 0.4) is 0 Å². The minimum absolute atomic E-state index is 0.149. The molecule has 0 bridgehead atoms. The van der Waals surface area contributed by atoms with Crippen LogP contribution < -0.4 is 0 Å². The summed E-state index contributed by atoms with van der Waals surface area (Å²) < 4.78 is 5.12. The third-order valence-corrected chi connectivity index (χ3v) is 2.56. The van der Waals surface area contributed by atoms with E-state index in [2.05, 4.69) is 13.8 Å². The van der Waals surface area contributed by atoms with E-state index in [1.165, 1.54) is 25.7 Å². The number of allylic oxidation sites excluding steroid dienone is 1. The Morgan fingerprint density at radius 1 is 1.06 bits per heavy atom. The Morgan fingerprint density at radius 3 is 2.38 bits per heavy atom. The number of rotatable bonds is 9. The molecule has 2 heteroatoms.